The van der Waals surface area contributed by atoms with Gasteiger partial charge in [0.05, 0.1) is 11.4 Å². The summed E-state index contributed by atoms with van der Waals surface area (Å²) in [6.07, 6.45) is 1.40. The Morgan fingerprint density at radius 3 is 2.10 bits per heavy atom. The average molecular weight is 299 g/mol. The highest BCUT2D eigenvalue weighted by Crippen LogP contribution is 2.24. The molecule has 114 valence electrons. The van der Waals surface area contributed by atoms with E-state index in [4.69, 9.17) is 4.74 Å². The van der Waals surface area contributed by atoms with Crippen molar-refractivity contribution in [2.75, 3.05) is 12.8 Å². The summed E-state index contributed by atoms with van der Waals surface area (Å²) < 4.78 is 29.1. The predicted molar refractivity (Wildman–Crippen MR) is 82.9 cm³/mol. The molecule has 5 heteroatoms. The average Bonchev–Trinajstić information content (AvgIpc) is 2.34. The summed E-state index contributed by atoms with van der Waals surface area (Å²) in [7, 11) is -3.10. The van der Waals surface area contributed by atoms with Crippen molar-refractivity contribution in [1.29, 1.82) is 0 Å². The Morgan fingerprint density at radius 2 is 1.70 bits per heavy atom. The van der Waals surface area contributed by atoms with Gasteiger partial charge in [-0.15, -0.1) is 0 Å². The van der Waals surface area contributed by atoms with Gasteiger partial charge in [0.15, 0.2) is 9.84 Å². The largest absolute Gasteiger partial charge is 0.491 e. The van der Waals surface area contributed by atoms with E-state index in [2.05, 4.69) is 5.32 Å². The van der Waals surface area contributed by atoms with Gasteiger partial charge in [0, 0.05) is 12.3 Å². The molecule has 4 nitrogen and oxygen atoms in total. The summed E-state index contributed by atoms with van der Waals surface area (Å²) in [5.74, 6) is 0.797. The molecule has 0 fully saturated rings. The molecular formula is C15H25NO3S. The molecule has 0 aromatic heterocycles. The smallest absolute Gasteiger partial charge is 0.151 e. The van der Waals surface area contributed by atoms with E-state index >= 15 is 0 Å². The Kier molecular flexibility index (Phi) is 6.02. The first-order valence-corrected chi connectivity index (χ1v) is 8.90. The third-order valence-corrected chi connectivity index (χ3v) is 4.80. The van der Waals surface area contributed by atoms with Gasteiger partial charge in [0.1, 0.15) is 5.75 Å². The fourth-order valence-corrected chi connectivity index (χ4v) is 2.80. The monoisotopic (exact) mass is 299 g/mol. The first-order valence-electron chi connectivity index (χ1n) is 6.94. The third kappa shape index (κ3) is 4.80. The molecule has 0 radical (unpaired) electrons. The van der Waals surface area contributed by atoms with E-state index in [-0.39, 0.29) is 12.1 Å². The minimum absolute atomic E-state index is 0.125. The fourth-order valence-electron chi connectivity index (χ4n) is 2.05. The zero-order valence-electron chi connectivity index (χ0n) is 12.9. The van der Waals surface area contributed by atoms with Gasteiger partial charge >= 0.3 is 0 Å². The first-order chi connectivity index (χ1) is 9.25. The molecule has 0 saturated carbocycles. The van der Waals surface area contributed by atoms with E-state index in [0.29, 0.717) is 0 Å². The van der Waals surface area contributed by atoms with Crippen molar-refractivity contribution in [3.8, 4) is 5.75 Å². The Morgan fingerprint density at radius 1 is 1.15 bits per heavy atom. The van der Waals surface area contributed by atoms with Crippen molar-refractivity contribution in [2.45, 2.75) is 45.1 Å². The SMILES string of the molecule is CCNC(c1ccc(OC(C)C)cc1)C(C)S(C)(=O)=O. The van der Waals surface area contributed by atoms with E-state index in [0.717, 1.165) is 17.9 Å². The second kappa shape index (κ2) is 7.09. The van der Waals surface area contributed by atoms with Crippen LogP contribution in [0.2, 0.25) is 0 Å². The summed E-state index contributed by atoms with van der Waals surface area (Å²) in [5.41, 5.74) is 0.959. The van der Waals surface area contributed by atoms with Crippen LogP contribution in [0.5, 0.6) is 5.75 Å². The van der Waals surface area contributed by atoms with E-state index in [1.807, 2.05) is 45.0 Å². The van der Waals surface area contributed by atoms with Gasteiger partial charge in [0.2, 0.25) is 0 Å². The summed E-state index contributed by atoms with van der Waals surface area (Å²) in [5, 5.41) is 2.77. The van der Waals surface area contributed by atoms with Gasteiger partial charge in [-0.1, -0.05) is 19.1 Å². The normalized spacial score (nSPS) is 15.1. The number of nitrogens with one attached hydrogen (secondary N) is 1. The molecule has 0 amide bonds. The van der Waals surface area contributed by atoms with Gasteiger partial charge in [-0.2, -0.15) is 0 Å². The minimum atomic E-state index is -3.10. The molecule has 1 aromatic carbocycles. The van der Waals surface area contributed by atoms with Crippen molar-refractivity contribution in [3.05, 3.63) is 29.8 Å². The quantitative estimate of drug-likeness (QED) is 0.840. The Bertz CT molecular complexity index is 508. The lowest BCUT2D eigenvalue weighted by Gasteiger charge is -2.24. The number of hydrogen-bond acceptors (Lipinski definition) is 4. The summed E-state index contributed by atoms with van der Waals surface area (Å²) >= 11 is 0. The molecular weight excluding hydrogens is 274 g/mol. The highest BCUT2D eigenvalue weighted by molar-refractivity contribution is 7.91. The molecule has 0 heterocycles. The molecule has 1 rings (SSSR count). The maximum atomic E-state index is 11.8. The molecule has 0 aliphatic rings. The lowest BCUT2D eigenvalue weighted by molar-refractivity contribution is 0.242. The Labute approximate surface area is 122 Å². The highest BCUT2D eigenvalue weighted by atomic mass is 32.2. The maximum absolute atomic E-state index is 11.8. The highest BCUT2D eigenvalue weighted by Gasteiger charge is 2.26. The van der Waals surface area contributed by atoms with Crippen LogP contribution in [-0.2, 0) is 9.84 Å². The number of sulfone groups is 1. The van der Waals surface area contributed by atoms with Gasteiger partial charge in [-0.3, -0.25) is 0 Å². The molecule has 0 spiro atoms. The van der Waals surface area contributed by atoms with Crippen LogP contribution < -0.4 is 10.1 Å². The van der Waals surface area contributed by atoms with E-state index in [9.17, 15) is 8.42 Å². The lowest BCUT2D eigenvalue weighted by atomic mass is 10.0. The summed E-state index contributed by atoms with van der Waals surface area (Å²) in [6, 6.07) is 7.41. The van der Waals surface area contributed by atoms with Crippen molar-refractivity contribution >= 4 is 9.84 Å². The zero-order valence-corrected chi connectivity index (χ0v) is 13.7. The topological polar surface area (TPSA) is 55.4 Å². The fraction of sp³-hybridized carbons (Fsp3) is 0.600. The second-order valence-corrected chi connectivity index (χ2v) is 7.71. The molecule has 0 aliphatic heterocycles. The van der Waals surface area contributed by atoms with Gasteiger partial charge in [-0.25, -0.2) is 8.42 Å². The lowest BCUT2D eigenvalue weighted by Crippen LogP contribution is -2.34. The van der Waals surface area contributed by atoms with Crippen LogP contribution >= 0.6 is 0 Å². The van der Waals surface area contributed by atoms with Crippen LogP contribution in [0.15, 0.2) is 24.3 Å². The first kappa shape index (κ1) is 17.0. The molecule has 20 heavy (non-hydrogen) atoms. The van der Waals surface area contributed by atoms with Crippen LogP contribution in [0.3, 0.4) is 0 Å². The van der Waals surface area contributed by atoms with E-state index in [1.165, 1.54) is 6.26 Å². The minimum Gasteiger partial charge on any atom is -0.491 e. The molecule has 0 saturated heterocycles. The molecule has 0 bridgehead atoms. The number of rotatable bonds is 7. The van der Waals surface area contributed by atoms with Crippen LogP contribution in [0, 0.1) is 0 Å². The van der Waals surface area contributed by atoms with E-state index in [1.54, 1.807) is 6.92 Å². The Hall–Kier alpha value is -1.07. The summed E-state index contributed by atoms with van der Waals surface area (Å²) in [6.45, 7) is 8.37. The van der Waals surface area contributed by atoms with Gasteiger partial charge in [-0.05, 0) is 45.0 Å². The van der Waals surface area contributed by atoms with Crippen LogP contribution in [0.4, 0.5) is 0 Å². The number of hydrogen-bond donors (Lipinski definition) is 1. The van der Waals surface area contributed by atoms with Crippen molar-refractivity contribution in [2.24, 2.45) is 0 Å². The maximum Gasteiger partial charge on any atom is 0.151 e. The van der Waals surface area contributed by atoms with Crippen molar-refractivity contribution < 1.29 is 13.2 Å². The molecule has 1 N–H and O–H groups in total. The zero-order chi connectivity index (χ0) is 15.3. The van der Waals surface area contributed by atoms with Gasteiger partial charge < -0.3 is 10.1 Å². The molecule has 2 atom stereocenters. The van der Waals surface area contributed by atoms with Crippen molar-refractivity contribution in [3.63, 3.8) is 0 Å². The third-order valence-electron chi connectivity index (χ3n) is 3.18. The summed E-state index contributed by atoms with van der Waals surface area (Å²) in [4.78, 5) is 0. The standard InChI is InChI=1S/C15H25NO3S/c1-6-16-15(12(4)20(5,17)18)13-7-9-14(10-8-13)19-11(2)3/h7-12,15-16H,6H2,1-5H3. The number of ether oxygens (including phenoxy) is 1. The molecule has 0 aliphatic carbocycles. The van der Waals surface area contributed by atoms with E-state index < -0.39 is 15.1 Å². The molecule has 2 unspecified atom stereocenters. The molecule has 1 aromatic rings. The number of benzene rings is 1. The second-order valence-electron chi connectivity index (χ2n) is 5.31. The predicted octanol–water partition coefficient (Wildman–Crippen LogP) is 2.56. The van der Waals surface area contributed by atoms with Crippen LogP contribution in [0.1, 0.15) is 39.3 Å². The van der Waals surface area contributed by atoms with Crippen molar-refractivity contribution in [1.82, 2.24) is 5.32 Å². The van der Waals surface area contributed by atoms with Crippen LogP contribution in [0.25, 0.3) is 0 Å². The van der Waals surface area contributed by atoms with Crippen LogP contribution in [-0.4, -0.2) is 32.6 Å². The van der Waals surface area contributed by atoms with Gasteiger partial charge in [0.25, 0.3) is 0 Å². The Balaban J connectivity index is 2.98.